The molecule has 1 aliphatic rings. The van der Waals surface area contributed by atoms with Gasteiger partial charge in [0, 0.05) is 12.1 Å². The minimum Gasteiger partial charge on any atom is -0.493 e. The van der Waals surface area contributed by atoms with Crippen LogP contribution in [0.1, 0.15) is 18.1 Å². The third kappa shape index (κ3) is 4.74. The molecule has 0 fully saturated rings. The Morgan fingerprint density at radius 1 is 1.03 bits per heavy atom. The van der Waals surface area contributed by atoms with Gasteiger partial charge in [-0.15, -0.1) is 0 Å². The summed E-state index contributed by atoms with van der Waals surface area (Å²) in [6, 6.07) is 20.8. The second-order valence-electron chi connectivity index (χ2n) is 7.32. The van der Waals surface area contributed by atoms with Crippen molar-refractivity contribution in [2.45, 2.75) is 13.5 Å². The van der Waals surface area contributed by atoms with Crippen LogP contribution >= 0.6 is 0 Å². The summed E-state index contributed by atoms with van der Waals surface area (Å²) in [6.45, 7) is 1.94. The van der Waals surface area contributed by atoms with E-state index in [9.17, 15) is 14.9 Å². The second-order valence-corrected chi connectivity index (χ2v) is 7.32. The number of hydrogen-bond donors (Lipinski definition) is 0. The predicted octanol–water partition coefficient (Wildman–Crippen LogP) is 4.99. The number of methoxy groups -OCH3 is 1. The molecule has 8 heteroatoms. The Bertz CT molecular complexity index is 1270. The topological polar surface area (TPSA) is 94.3 Å². The van der Waals surface area contributed by atoms with Gasteiger partial charge in [-0.25, -0.2) is 0 Å². The molecule has 0 atom stereocenters. The highest BCUT2D eigenvalue weighted by molar-refractivity contribution is 6.32. The lowest BCUT2D eigenvalue weighted by Gasteiger charge is -2.12. The molecule has 0 spiro atoms. The number of non-ortho nitro benzene ring substituents is 1. The summed E-state index contributed by atoms with van der Waals surface area (Å²) in [4.78, 5) is 23.4. The number of benzene rings is 3. The van der Waals surface area contributed by atoms with E-state index >= 15 is 0 Å². The molecule has 0 radical (unpaired) electrons. The van der Waals surface area contributed by atoms with Gasteiger partial charge in [-0.2, -0.15) is 10.1 Å². The average molecular weight is 443 g/mol. The number of hydrogen-bond acceptors (Lipinski definition) is 6. The van der Waals surface area contributed by atoms with Gasteiger partial charge in [-0.1, -0.05) is 36.4 Å². The minimum absolute atomic E-state index is 0.00727. The Kier molecular flexibility index (Phi) is 6.17. The fourth-order valence-corrected chi connectivity index (χ4v) is 3.41. The molecule has 0 aromatic heterocycles. The first-order chi connectivity index (χ1) is 16.0. The van der Waals surface area contributed by atoms with Crippen LogP contribution < -0.4 is 14.5 Å². The summed E-state index contributed by atoms with van der Waals surface area (Å²) in [5.74, 6) is 0.763. The fraction of sp³-hybridized carbons (Fsp3) is 0.120. The van der Waals surface area contributed by atoms with E-state index in [1.54, 1.807) is 37.3 Å². The van der Waals surface area contributed by atoms with Gasteiger partial charge < -0.3 is 9.47 Å². The summed E-state index contributed by atoms with van der Waals surface area (Å²) in [7, 11) is 1.52. The van der Waals surface area contributed by atoms with E-state index in [2.05, 4.69) is 5.10 Å². The van der Waals surface area contributed by atoms with Crippen LogP contribution in [0.25, 0.3) is 6.08 Å². The molecule has 0 unspecified atom stereocenters. The molecule has 0 saturated carbocycles. The zero-order valence-electron chi connectivity index (χ0n) is 18.1. The zero-order valence-corrected chi connectivity index (χ0v) is 18.1. The van der Waals surface area contributed by atoms with Crippen LogP contribution in [0.2, 0.25) is 0 Å². The van der Waals surface area contributed by atoms with E-state index in [0.717, 1.165) is 5.56 Å². The molecule has 3 aromatic rings. The number of amides is 1. The first-order valence-corrected chi connectivity index (χ1v) is 10.2. The van der Waals surface area contributed by atoms with Gasteiger partial charge in [0.25, 0.3) is 11.6 Å². The molecule has 1 amide bonds. The van der Waals surface area contributed by atoms with Gasteiger partial charge in [0.15, 0.2) is 11.5 Å². The summed E-state index contributed by atoms with van der Waals surface area (Å²) in [6.07, 6.45) is 1.76. The number of hydrazone groups is 1. The molecule has 166 valence electrons. The van der Waals surface area contributed by atoms with Gasteiger partial charge >= 0.3 is 0 Å². The monoisotopic (exact) mass is 443 g/mol. The van der Waals surface area contributed by atoms with E-state index < -0.39 is 4.92 Å². The summed E-state index contributed by atoms with van der Waals surface area (Å²) in [5.41, 5.74) is 3.24. The van der Waals surface area contributed by atoms with Crippen LogP contribution in [0.5, 0.6) is 11.5 Å². The molecule has 4 rings (SSSR count). The van der Waals surface area contributed by atoms with Crippen molar-refractivity contribution in [2.24, 2.45) is 5.10 Å². The summed E-state index contributed by atoms with van der Waals surface area (Å²) < 4.78 is 11.3. The number of anilines is 1. The lowest BCUT2D eigenvalue weighted by molar-refractivity contribution is -0.384. The third-order valence-electron chi connectivity index (χ3n) is 5.08. The molecule has 0 aliphatic carbocycles. The van der Waals surface area contributed by atoms with Crippen molar-refractivity contribution >= 4 is 29.1 Å². The number of nitro benzene ring substituents is 1. The zero-order chi connectivity index (χ0) is 23.4. The number of carbonyl (C=O) groups excluding carboxylic acids is 1. The maximum Gasteiger partial charge on any atom is 0.280 e. The van der Waals surface area contributed by atoms with E-state index in [-0.39, 0.29) is 18.2 Å². The Morgan fingerprint density at radius 3 is 2.55 bits per heavy atom. The van der Waals surface area contributed by atoms with E-state index in [4.69, 9.17) is 9.47 Å². The standard InChI is InChI=1S/C25H21N3O5/c1-17-22(25(29)27(26-17)20-8-4-3-5-9-20)14-18-11-12-23(24(15-18)32-2)33-16-19-7-6-10-21(13-19)28(30)31/h3-15H,16H2,1-2H3/b22-14+. The smallest absolute Gasteiger partial charge is 0.280 e. The normalized spacial score (nSPS) is 14.4. The Hall–Kier alpha value is -4.46. The highest BCUT2D eigenvalue weighted by Crippen LogP contribution is 2.31. The number of nitrogens with zero attached hydrogens (tertiary/aromatic N) is 3. The van der Waals surface area contributed by atoms with Gasteiger partial charge in [0.05, 0.1) is 29.0 Å². The van der Waals surface area contributed by atoms with Crippen molar-refractivity contribution in [3.05, 3.63) is 99.6 Å². The summed E-state index contributed by atoms with van der Waals surface area (Å²) in [5, 5.41) is 16.7. The van der Waals surface area contributed by atoms with Gasteiger partial charge in [0.2, 0.25) is 0 Å². The minimum atomic E-state index is -0.444. The highest BCUT2D eigenvalue weighted by atomic mass is 16.6. The van der Waals surface area contributed by atoms with Crippen molar-refractivity contribution < 1.29 is 19.2 Å². The van der Waals surface area contributed by atoms with Gasteiger partial charge in [-0.05, 0) is 48.4 Å². The van der Waals surface area contributed by atoms with Gasteiger partial charge in [-0.3, -0.25) is 14.9 Å². The van der Waals surface area contributed by atoms with Crippen LogP contribution in [0.4, 0.5) is 11.4 Å². The Morgan fingerprint density at radius 2 is 1.82 bits per heavy atom. The lowest BCUT2D eigenvalue weighted by atomic mass is 10.1. The maximum atomic E-state index is 12.9. The quantitative estimate of drug-likeness (QED) is 0.291. The van der Waals surface area contributed by atoms with E-state index in [1.807, 2.05) is 36.4 Å². The van der Waals surface area contributed by atoms with Gasteiger partial charge in [0.1, 0.15) is 6.61 Å². The molecule has 8 nitrogen and oxygen atoms in total. The van der Waals surface area contributed by atoms with Crippen molar-refractivity contribution in [3.63, 3.8) is 0 Å². The number of nitro groups is 1. The van der Waals surface area contributed by atoms with Crippen LogP contribution in [0, 0.1) is 10.1 Å². The SMILES string of the molecule is COc1cc(/C=C2/C(=O)N(c3ccccc3)N=C2C)ccc1OCc1cccc([N+](=O)[O-])c1. The molecule has 1 aliphatic heterocycles. The van der Waals surface area contributed by atoms with Crippen molar-refractivity contribution in [3.8, 4) is 11.5 Å². The Balaban J connectivity index is 1.53. The molecular weight excluding hydrogens is 422 g/mol. The molecule has 33 heavy (non-hydrogen) atoms. The predicted molar refractivity (Wildman–Crippen MR) is 125 cm³/mol. The lowest BCUT2D eigenvalue weighted by Crippen LogP contribution is -2.21. The first kappa shape index (κ1) is 21.8. The summed E-state index contributed by atoms with van der Waals surface area (Å²) >= 11 is 0. The molecule has 1 heterocycles. The van der Waals surface area contributed by atoms with Crippen LogP contribution in [-0.4, -0.2) is 23.7 Å². The van der Waals surface area contributed by atoms with Crippen LogP contribution in [0.3, 0.4) is 0 Å². The molecule has 0 N–H and O–H groups in total. The molecule has 0 bridgehead atoms. The number of para-hydroxylation sites is 1. The second kappa shape index (κ2) is 9.35. The van der Waals surface area contributed by atoms with Crippen molar-refractivity contribution in [1.82, 2.24) is 0 Å². The molecular formula is C25H21N3O5. The third-order valence-corrected chi connectivity index (χ3v) is 5.08. The average Bonchev–Trinajstić information content (AvgIpc) is 3.12. The van der Waals surface area contributed by atoms with E-state index in [0.29, 0.717) is 34.0 Å². The van der Waals surface area contributed by atoms with Crippen LogP contribution in [-0.2, 0) is 11.4 Å². The van der Waals surface area contributed by atoms with Crippen LogP contribution in [0.15, 0.2) is 83.5 Å². The maximum absolute atomic E-state index is 12.9. The van der Waals surface area contributed by atoms with Crippen molar-refractivity contribution in [1.29, 1.82) is 0 Å². The van der Waals surface area contributed by atoms with Crippen molar-refractivity contribution in [2.75, 3.05) is 12.1 Å². The Labute approximate surface area is 190 Å². The highest BCUT2D eigenvalue weighted by Gasteiger charge is 2.28. The molecule has 3 aromatic carbocycles. The number of ether oxygens (including phenoxy) is 2. The fourth-order valence-electron chi connectivity index (χ4n) is 3.41. The first-order valence-electron chi connectivity index (χ1n) is 10.2. The number of carbonyl (C=O) groups is 1. The molecule has 0 saturated heterocycles. The number of rotatable bonds is 7. The van der Waals surface area contributed by atoms with E-state index in [1.165, 1.54) is 24.3 Å². The largest absolute Gasteiger partial charge is 0.493 e.